The van der Waals surface area contributed by atoms with Crippen LogP contribution in [-0.2, 0) is 17.9 Å². The Morgan fingerprint density at radius 2 is 1.95 bits per heavy atom. The molecule has 0 spiro atoms. The smallest absolute Gasteiger partial charge is 0.223 e. The minimum atomic E-state index is 0. The summed E-state index contributed by atoms with van der Waals surface area (Å²) in [6.45, 7) is 2.40. The summed E-state index contributed by atoms with van der Waals surface area (Å²) in [4.78, 5) is 18.8. The molecule has 22 heavy (non-hydrogen) atoms. The van der Waals surface area contributed by atoms with Gasteiger partial charge in [0.05, 0.1) is 6.54 Å². The summed E-state index contributed by atoms with van der Waals surface area (Å²) in [5, 5.41) is 3.64. The molecule has 3 aliphatic rings. The fourth-order valence-corrected chi connectivity index (χ4v) is 4.10. The maximum absolute atomic E-state index is 12.5. The zero-order chi connectivity index (χ0) is 13.5. The Kier molecular flexibility index (Phi) is 5.75. The summed E-state index contributed by atoms with van der Waals surface area (Å²) in [6.07, 6.45) is 9.53. The predicted molar refractivity (Wildman–Crippen MR) is 89.4 cm³/mol. The number of amides is 1. The van der Waals surface area contributed by atoms with Crippen LogP contribution in [0.4, 0.5) is 0 Å². The number of fused-ring (bicyclic) bond motifs is 3. The predicted octanol–water partition coefficient (Wildman–Crippen LogP) is 1.99. The number of piperidine rings is 1. The molecule has 2 unspecified atom stereocenters. The molecule has 0 saturated carbocycles. The lowest BCUT2D eigenvalue weighted by atomic mass is 9.89. The second kappa shape index (κ2) is 7.20. The number of hydrogen-bond donors (Lipinski definition) is 1. The normalized spacial score (nSPS) is 29.3. The summed E-state index contributed by atoms with van der Waals surface area (Å²) in [5.74, 6) is 1.93. The van der Waals surface area contributed by atoms with Gasteiger partial charge in [-0.3, -0.25) is 4.79 Å². The van der Waals surface area contributed by atoms with Crippen LogP contribution in [0.15, 0.2) is 12.4 Å². The van der Waals surface area contributed by atoms with Crippen LogP contribution in [0.25, 0.3) is 0 Å². The molecule has 1 N–H and O–H groups in total. The lowest BCUT2D eigenvalue weighted by Gasteiger charge is -2.32. The van der Waals surface area contributed by atoms with Gasteiger partial charge in [-0.1, -0.05) is 0 Å². The van der Waals surface area contributed by atoms with Crippen LogP contribution >= 0.6 is 24.8 Å². The van der Waals surface area contributed by atoms with Gasteiger partial charge in [-0.25, -0.2) is 4.98 Å². The van der Waals surface area contributed by atoms with Gasteiger partial charge in [0.25, 0.3) is 0 Å². The number of hydrogen-bond acceptors (Lipinski definition) is 3. The minimum Gasteiger partial charge on any atom is -0.333 e. The number of nitrogens with zero attached hydrogens (tertiary/aromatic N) is 3. The van der Waals surface area contributed by atoms with E-state index in [1.54, 1.807) is 0 Å². The molecule has 1 aromatic heterocycles. The average Bonchev–Trinajstić information content (AvgIpc) is 3.04. The lowest BCUT2D eigenvalue weighted by molar-refractivity contribution is -0.134. The molecular weight excluding hydrogens is 323 g/mol. The monoisotopic (exact) mass is 346 g/mol. The molecule has 4 heterocycles. The summed E-state index contributed by atoms with van der Waals surface area (Å²) >= 11 is 0. The third-order valence-electron chi connectivity index (χ3n) is 5.13. The largest absolute Gasteiger partial charge is 0.333 e. The number of nitrogens with one attached hydrogen (secondary N) is 1. The molecule has 7 heteroatoms. The van der Waals surface area contributed by atoms with Gasteiger partial charge < -0.3 is 14.8 Å². The third kappa shape index (κ3) is 3.42. The molecule has 2 fully saturated rings. The average molecular weight is 347 g/mol. The first-order valence-electron chi connectivity index (χ1n) is 7.82. The van der Waals surface area contributed by atoms with E-state index >= 15 is 0 Å². The molecule has 1 aromatic rings. The van der Waals surface area contributed by atoms with Gasteiger partial charge in [0, 0.05) is 44.0 Å². The van der Waals surface area contributed by atoms with Crippen LogP contribution in [0.5, 0.6) is 0 Å². The topological polar surface area (TPSA) is 50.2 Å². The summed E-state index contributed by atoms with van der Waals surface area (Å²) in [5.41, 5.74) is 0. The summed E-state index contributed by atoms with van der Waals surface area (Å²) in [7, 11) is 0. The first-order chi connectivity index (χ1) is 9.78. The van der Waals surface area contributed by atoms with Crippen LogP contribution < -0.4 is 5.32 Å². The van der Waals surface area contributed by atoms with E-state index in [2.05, 4.69) is 14.9 Å². The van der Waals surface area contributed by atoms with Crippen molar-refractivity contribution in [2.75, 3.05) is 6.54 Å². The fourth-order valence-electron chi connectivity index (χ4n) is 4.10. The van der Waals surface area contributed by atoms with E-state index in [-0.39, 0.29) is 24.8 Å². The maximum atomic E-state index is 12.5. The molecule has 5 nitrogen and oxygen atoms in total. The van der Waals surface area contributed by atoms with Crippen LogP contribution in [0.1, 0.15) is 37.9 Å². The molecule has 2 bridgehead atoms. The van der Waals surface area contributed by atoms with Crippen molar-refractivity contribution < 1.29 is 4.79 Å². The Morgan fingerprint density at radius 3 is 2.68 bits per heavy atom. The number of aromatic nitrogens is 2. The van der Waals surface area contributed by atoms with E-state index in [0.717, 1.165) is 25.3 Å². The Balaban J connectivity index is 0.000000882. The van der Waals surface area contributed by atoms with Gasteiger partial charge in [-0.05, 0) is 31.6 Å². The minimum absolute atomic E-state index is 0. The fraction of sp³-hybridized carbons (Fsp3) is 0.733. The van der Waals surface area contributed by atoms with Gasteiger partial charge in [-0.15, -0.1) is 24.8 Å². The Hall–Kier alpha value is -0.780. The first kappa shape index (κ1) is 17.6. The van der Waals surface area contributed by atoms with Crippen molar-refractivity contribution >= 4 is 30.7 Å². The Morgan fingerprint density at radius 1 is 1.23 bits per heavy atom. The van der Waals surface area contributed by atoms with Crippen molar-refractivity contribution in [2.45, 2.75) is 57.3 Å². The zero-order valence-electron chi connectivity index (χ0n) is 12.6. The van der Waals surface area contributed by atoms with Crippen molar-refractivity contribution in [3.63, 3.8) is 0 Å². The molecule has 1 amide bonds. The highest BCUT2D eigenvalue weighted by Crippen LogP contribution is 2.33. The molecule has 0 radical (unpaired) electrons. The van der Waals surface area contributed by atoms with Crippen LogP contribution in [0.3, 0.4) is 0 Å². The highest BCUT2D eigenvalue weighted by molar-refractivity contribution is 5.85. The SMILES string of the molecule is Cl.Cl.O=C(CC1CC2CCC(C1)N2)N1CCn2ccnc2C1. The summed E-state index contributed by atoms with van der Waals surface area (Å²) in [6, 6.07) is 1.35. The van der Waals surface area contributed by atoms with Crippen molar-refractivity contribution in [1.82, 2.24) is 19.8 Å². The molecule has 3 aliphatic heterocycles. The van der Waals surface area contributed by atoms with E-state index in [1.165, 1.54) is 25.7 Å². The standard InChI is InChI=1S/C15H22N4O.2ClH/c20-15(9-11-7-12-1-2-13(8-11)17-12)19-6-5-18-4-3-16-14(18)10-19;;/h3-4,11-13,17H,1-2,5-10H2;2*1H. The molecule has 2 saturated heterocycles. The summed E-state index contributed by atoms with van der Waals surface area (Å²) < 4.78 is 2.15. The van der Waals surface area contributed by atoms with E-state index in [1.807, 2.05) is 17.3 Å². The van der Waals surface area contributed by atoms with E-state index in [4.69, 9.17) is 0 Å². The first-order valence-corrected chi connectivity index (χ1v) is 7.82. The second-order valence-electron chi connectivity index (χ2n) is 6.53. The molecule has 2 atom stereocenters. The molecule has 0 aromatic carbocycles. The van der Waals surface area contributed by atoms with Gasteiger partial charge in [0.1, 0.15) is 5.82 Å². The van der Waals surface area contributed by atoms with Gasteiger partial charge in [0.2, 0.25) is 5.91 Å². The van der Waals surface area contributed by atoms with E-state index < -0.39 is 0 Å². The highest BCUT2D eigenvalue weighted by atomic mass is 35.5. The third-order valence-corrected chi connectivity index (χ3v) is 5.13. The highest BCUT2D eigenvalue weighted by Gasteiger charge is 2.35. The number of carbonyl (C=O) groups is 1. The molecule has 0 aliphatic carbocycles. The number of halogens is 2. The van der Waals surface area contributed by atoms with Gasteiger partial charge >= 0.3 is 0 Å². The van der Waals surface area contributed by atoms with Crippen molar-refractivity contribution in [3.8, 4) is 0 Å². The molecular formula is C15H24Cl2N4O. The van der Waals surface area contributed by atoms with Crippen LogP contribution in [0.2, 0.25) is 0 Å². The van der Waals surface area contributed by atoms with Gasteiger partial charge in [0.15, 0.2) is 0 Å². The molecule has 124 valence electrons. The van der Waals surface area contributed by atoms with E-state index in [0.29, 0.717) is 30.5 Å². The quantitative estimate of drug-likeness (QED) is 0.890. The van der Waals surface area contributed by atoms with E-state index in [9.17, 15) is 4.79 Å². The zero-order valence-corrected chi connectivity index (χ0v) is 14.2. The number of carbonyl (C=O) groups excluding carboxylic acids is 1. The van der Waals surface area contributed by atoms with Crippen LogP contribution in [0, 0.1) is 5.92 Å². The molecule has 4 rings (SSSR count). The van der Waals surface area contributed by atoms with Crippen molar-refractivity contribution in [3.05, 3.63) is 18.2 Å². The second-order valence-corrected chi connectivity index (χ2v) is 6.53. The van der Waals surface area contributed by atoms with Crippen molar-refractivity contribution in [1.29, 1.82) is 0 Å². The van der Waals surface area contributed by atoms with Crippen molar-refractivity contribution in [2.24, 2.45) is 5.92 Å². The number of imidazole rings is 1. The lowest BCUT2D eigenvalue weighted by Crippen LogP contribution is -2.42. The van der Waals surface area contributed by atoms with Crippen LogP contribution in [-0.4, -0.2) is 39.0 Å². The Bertz CT molecular complexity index is 509. The number of rotatable bonds is 2. The van der Waals surface area contributed by atoms with Gasteiger partial charge in [-0.2, -0.15) is 0 Å². The Labute approximate surface area is 143 Å². The maximum Gasteiger partial charge on any atom is 0.223 e.